The summed E-state index contributed by atoms with van der Waals surface area (Å²) in [6.07, 6.45) is 4.35. The molecule has 1 aliphatic heterocycles. The molecule has 2 atom stereocenters. The van der Waals surface area contributed by atoms with Gasteiger partial charge in [-0.25, -0.2) is 4.79 Å². The van der Waals surface area contributed by atoms with E-state index in [0.29, 0.717) is 5.56 Å². The number of anilines is 2. The first-order valence-electron chi connectivity index (χ1n) is 10.9. The van der Waals surface area contributed by atoms with E-state index < -0.39 is 5.97 Å². The summed E-state index contributed by atoms with van der Waals surface area (Å²) >= 11 is 0. The van der Waals surface area contributed by atoms with Gasteiger partial charge in [-0.3, -0.25) is 4.99 Å². The van der Waals surface area contributed by atoms with Gasteiger partial charge in [0.15, 0.2) is 0 Å². The molecule has 1 aliphatic carbocycles. The van der Waals surface area contributed by atoms with Crippen LogP contribution in [0.1, 0.15) is 53.7 Å². The molecule has 1 heterocycles. The lowest BCUT2D eigenvalue weighted by Crippen LogP contribution is -2.30. The van der Waals surface area contributed by atoms with Crippen molar-refractivity contribution in [2.75, 3.05) is 23.7 Å². The van der Waals surface area contributed by atoms with Gasteiger partial charge in [-0.05, 0) is 68.2 Å². The van der Waals surface area contributed by atoms with Crippen LogP contribution in [-0.2, 0) is 0 Å². The van der Waals surface area contributed by atoms with Crippen molar-refractivity contribution >= 4 is 23.1 Å². The fourth-order valence-electron chi connectivity index (χ4n) is 4.69. The first-order valence-corrected chi connectivity index (χ1v) is 10.9. The van der Waals surface area contributed by atoms with E-state index in [-0.39, 0.29) is 11.8 Å². The Morgan fingerprint density at radius 3 is 2.65 bits per heavy atom. The van der Waals surface area contributed by atoms with Crippen molar-refractivity contribution in [3.8, 4) is 0 Å². The summed E-state index contributed by atoms with van der Waals surface area (Å²) in [4.78, 5) is 16.7. The number of carboxylic acids is 1. The van der Waals surface area contributed by atoms with Crippen molar-refractivity contribution in [3.63, 3.8) is 0 Å². The fraction of sp³-hybridized carbons (Fsp3) is 0.308. The number of rotatable bonds is 5. The third-order valence-corrected chi connectivity index (χ3v) is 6.08. The number of nitrogens with zero attached hydrogens (tertiary/aromatic N) is 1. The maximum Gasteiger partial charge on any atom is 0.335 e. The molecule has 0 bridgehead atoms. The second-order valence-electron chi connectivity index (χ2n) is 8.11. The Morgan fingerprint density at radius 2 is 1.94 bits per heavy atom. The number of nitrogens with one attached hydrogen (secondary N) is 2. The second kappa shape index (κ2) is 8.42. The molecule has 5 nitrogen and oxygen atoms in total. The van der Waals surface area contributed by atoms with Gasteiger partial charge in [-0.15, -0.1) is 0 Å². The molecule has 3 N–H and O–H groups in total. The van der Waals surface area contributed by atoms with E-state index in [1.54, 1.807) is 12.1 Å². The molecule has 0 spiro atoms. The summed E-state index contributed by atoms with van der Waals surface area (Å²) in [5, 5.41) is 17.0. The predicted molar refractivity (Wildman–Crippen MR) is 128 cm³/mol. The fourth-order valence-corrected chi connectivity index (χ4v) is 4.69. The van der Waals surface area contributed by atoms with E-state index in [1.165, 1.54) is 0 Å². The SMILES string of the molecule is CCN=C1C=C2Nc3cc(NCC)c(C)cc3[C@@H](c3ccccc3C(=O)O)[C@H]2C=C1C. The molecule has 160 valence electrons. The molecule has 0 radical (unpaired) electrons. The van der Waals surface area contributed by atoms with Crippen LogP contribution in [-0.4, -0.2) is 29.9 Å². The van der Waals surface area contributed by atoms with Crippen LogP contribution in [0.15, 0.2) is 64.8 Å². The molecule has 0 fully saturated rings. The standard InChI is InChI=1S/C26H29N3O2/c1-5-27-21-13-23-19(11-15(21)3)25(17-9-7-8-10-18(17)26(30)31)20-12-16(4)22(28-6-2)14-24(20)29-23/h7-14,19,25,28-29H,5-6H2,1-4H3,(H,30,31)/t19-,25-/m0/s1. The van der Waals surface area contributed by atoms with Gasteiger partial charge in [0.2, 0.25) is 0 Å². The minimum absolute atomic E-state index is 0.0215. The number of carbonyl (C=O) groups is 1. The van der Waals surface area contributed by atoms with E-state index in [4.69, 9.17) is 0 Å². The lowest BCUT2D eigenvalue weighted by Gasteiger charge is -2.38. The van der Waals surface area contributed by atoms with Gasteiger partial charge in [-0.2, -0.15) is 0 Å². The molecular formula is C26H29N3O2. The molecule has 0 saturated heterocycles. The summed E-state index contributed by atoms with van der Waals surface area (Å²) in [5.74, 6) is -0.970. The number of aromatic carboxylic acids is 1. The van der Waals surface area contributed by atoms with Gasteiger partial charge >= 0.3 is 5.97 Å². The Morgan fingerprint density at radius 1 is 1.16 bits per heavy atom. The average molecular weight is 416 g/mol. The molecule has 4 rings (SSSR count). The first-order chi connectivity index (χ1) is 14.9. The third-order valence-electron chi connectivity index (χ3n) is 6.08. The molecule has 2 aliphatic rings. The Hall–Kier alpha value is -3.34. The Kier molecular flexibility index (Phi) is 5.68. The number of aliphatic imine (C=N–C) groups is 1. The topological polar surface area (TPSA) is 73.7 Å². The summed E-state index contributed by atoms with van der Waals surface area (Å²) in [7, 11) is 0. The van der Waals surface area contributed by atoms with Crippen molar-refractivity contribution in [2.45, 2.75) is 33.6 Å². The van der Waals surface area contributed by atoms with Crippen molar-refractivity contribution in [3.05, 3.63) is 82.1 Å². The number of hydrogen-bond acceptors (Lipinski definition) is 4. The molecule has 31 heavy (non-hydrogen) atoms. The summed E-state index contributed by atoms with van der Waals surface area (Å²) < 4.78 is 0. The molecule has 0 amide bonds. The molecular weight excluding hydrogens is 386 g/mol. The van der Waals surface area contributed by atoms with Crippen LogP contribution in [0.25, 0.3) is 0 Å². The zero-order chi connectivity index (χ0) is 22.1. The van der Waals surface area contributed by atoms with Crippen LogP contribution < -0.4 is 10.6 Å². The van der Waals surface area contributed by atoms with Gasteiger partial charge in [0.05, 0.1) is 11.3 Å². The van der Waals surface area contributed by atoms with Gasteiger partial charge < -0.3 is 15.7 Å². The zero-order valence-electron chi connectivity index (χ0n) is 18.5. The van der Waals surface area contributed by atoms with E-state index in [0.717, 1.165) is 58.1 Å². The highest BCUT2D eigenvalue weighted by Crippen LogP contribution is 2.48. The Labute approximate surface area is 183 Å². The summed E-state index contributed by atoms with van der Waals surface area (Å²) in [5.41, 5.74) is 8.72. The van der Waals surface area contributed by atoms with Crippen LogP contribution in [0.3, 0.4) is 0 Å². The molecule has 2 aromatic rings. The highest BCUT2D eigenvalue weighted by molar-refractivity contribution is 6.10. The zero-order valence-corrected chi connectivity index (χ0v) is 18.5. The highest BCUT2D eigenvalue weighted by Gasteiger charge is 2.37. The quantitative estimate of drug-likeness (QED) is 0.594. The second-order valence-corrected chi connectivity index (χ2v) is 8.11. The maximum absolute atomic E-state index is 12.1. The van der Waals surface area contributed by atoms with Gasteiger partial charge in [0.1, 0.15) is 0 Å². The lowest BCUT2D eigenvalue weighted by molar-refractivity contribution is 0.0695. The van der Waals surface area contributed by atoms with Gasteiger partial charge in [0.25, 0.3) is 0 Å². The van der Waals surface area contributed by atoms with Crippen LogP contribution in [0, 0.1) is 12.8 Å². The van der Waals surface area contributed by atoms with Crippen LogP contribution in [0.4, 0.5) is 11.4 Å². The number of hydrogen-bond donors (Lipinski definition) is 3. The van der Waals surface area contributed by atoms with Crippen molar-refractivity contribution in [1.82, 2.24) is 0 Å². The minimum atomic E-state index is -0.896. The van der Waals surface area contributed by atoms with E-state index in [9.17, 15) is 9.90 Å². The number of allylic oxidation sites excluding steroid dienone is 3. The third kappa shape index (κ3) is 3.76. The van der Waals surface area contributed by atoms with E-state index in [1.807, 2.05) is 19.1 Å². The predicted octanol–water partition coefficient (Wildman–Crippen LogP) is 5.60. The minimum Gasteiger partial charge on any atom is -0.478 e. The Bertz CT molecular complexity index is 1130. The Balaban J connectivity index is 1.96. The van der Waals surface area contributed by atoms with Crippen molar-refractivity contribution < 1.29 is 9.90 Å². The van der Waals surface area contributed by atoms with Crippen molar-refractivity contribution in [2.24, 2.45) is 10.9 Å². The number of carboxylic acid groups (broad SMARTS) is 1. The monoisotopic (exact) mass is 415 g/mol. The average Bonchev–Trinajstić information content (AvgIpc) is 2.74. The molecule has 0 saturated carbocycles. The lowest BCUT2D eigenvalue weighted by atomic mass is 9.71. The molecule has 5 heteroatoms. The number of benzene rings is 2. The highest BCUT2D eigenvalue weighted by atomic mass is 16.4. The van der Waals surface area contributed by atoms with Gasteiger partial charge in [-0.1, -0.05) is 30.3 Å². The van der Waals surface area contributed by atoms with E-state index >= 15 is 0 Å². The number of aryl methyl sites for hydroxylation is 1. The first kappa shape index (κ1) is 20.9. The maximum atomic E-state index is 12.1. The molecule has 0 unspecified atom stereocenters. The van der Waals surface area contributed by atoms with Crippen LogP contribution in [0.2, 0.25) is 0 Å². The van der Waals surface area contributed by atoms with E-state index in [2.05, 4.69) is 60.7 Å². The molecule has 0 aromatic heterocycles. The smallest absolute Gasteiger partial charge is 0.335 e. The van der Waals surface area contributed by atoms with Gasteiger partial charge in [0, 0.05) is 42.0 Å². The van der Waals surface area contributed by atoms with Crippen LogP contribution >= 0.6 is 0 Å². The van der Waals surface area contributed by atoms with Crippen LogP contribution in [0.5, 0.6) is 0 Å². The summed E-state index contributed by atoms with van der Waals surface area (Å²) in [6, 6.07) is 11.7. The number of fused-ring (bicyclic) bond motifs is 2. The van der Waals surface area contributed by atoms with Crippen molar-refractivity contribution in [1.29, 1.82) is 0 Å². The molecule has 2 aromatic carbocycles. The largest absolute Gasteiger partial charge is 0.478 e. The normalized spacial score (nSPS) is 20.8. The summed E-state index contributed by atoms with van der Waals surface area (Å²) in [6.45, 7) is 9.85.